The van der Waals surface area contributed by atoms with E-state index in [1.54, 1.807) is 32.4 Å². The molecule has 23 heavy (non-hydrogen) atoms. The third kappa shape index (κ3) is 5.14. The van der Waals surface area contributed by atoms with E-state index in [0.717, 1.165) is 15.6 Å². The number of hydrogen-bond acceptors (Lipinski definition) is 4. The number of carbonyl (C=O) groups excluding carboxylic acids is 1. The van der Waals surface area contributed by atoms with Crippen LogP contribution in [-0.4, -0.2) is 20.2 Å². The van der Waals surface area contributed by atoms with E-state index in [1.165, 1.54) is 6.08 Å². The Bertz CT molecular complexity index is 693. The van der Waals surface area contributed by atoms with Crippen LogP contribution in [0.3, 0.4) is 0 Å². The minimum atomic E-state index is -0.400. The molecular formula is C18H17BrO4. The Kier molecular flexibility index (Phi) is 6.23. The van der Waals surface area contributed by atoms with Gasteiger partial charge in [-0.05, 0) is 41.5 Å². The molecule has 2 aromatic carbocycles. The molecule has 0 fully saturated rings. The van der Waals surface area contributed by atoms with Crippen molar-refractivity contribution in [2.24, 2.45) is 0 Å². The summed E-state index contributed by atoms with van der Waals surface area (Å²) in [6, 6.07) is 13.0. The first kappa shape index (κ1) is 17.1. The van der Waals surface area contributed by atoms with Crippen LogP contribution in [0.5, 0.6) is 11.5 Å². The Morgan fingerprint density at radius 2 is 1.74 bits per heavy atom. The highest BCUT2D eigenvalue weighted by Crippen LogP contribution is 2.27. The first-order chi connectivity index (χ1) is 11.1. The number of methoxy groups -OCH3 is 2. The summed E-state index contributed by atoms with van der Waals surface area (Å²) in [5.41, 5.74) is 1.75. The van der Waals surface area contributed by atoms with Gasteiger partial charge in [0, 0.05) is 10.5 Å². The molecule has 0 spiro atoms. The van der Waals surface area contributed by atoms with Gasteiger partial charge in [0.05, 0.1) is 14.2 Å². The average Bonchev–Trinajstić information content (AvgIpc) is 2.59. The van der Waals surface area contributed by atoms with Gasteiger partial charge in [0.2, 0.25) is 0 Å². The summed E-state index contributed by atoms with van der Waals surface area (Å²) in [6.45, 7) is 0.238. The number of halogens is 1. The number of hydrogen-bond donors (Lipinski definition) is 0. The van der Waals surface area contributed by atoms with Gasteiger partial charge >= 0.3 is 5.97 Å². The molecule has 0 heterocycles. The molecule has 0 bridgehead atoms. The Morgan fingerprint density at radius 1 is 1.04 bits per heavy atom. The lowest BCUT2D eigenvalue weighted by atomic mass is 10.2. The zero-order valence-electron chi connectivity index (χ0n) is 12.9. The molecule has 0 aromatic heterocycles. The third-order valence-corrected chi connectivity index (χ3v) is 3.64. The Hall–Kier alpha value is -2.27. The topological polar surface area (TPSA) is 44.8 Å². The second-order valence-corrected chi connectivity index (χ2v) is 5.60. The quantitative estimate of drug-likeness (QED) is 0.559. The summed E-state index contributed by atoms with van der Waals surface area (Å²) < 4.78 is 16.6. The lowest BCUT2D eigenvalue weighted by Crippen LogP contribution is -2.00. The molecule has 0 aliphatic carbocycles. The summed E-state index contributed by atoms with van der Waals surface area (Å²) >= 11 is 3.36. The summed E-state index contributed by atoms with van der Waals surface area (Å²) in [6.07, 6.45) is 3.06. The molecule has 0 atom stereocenters. The van der Waals surface area contributed by atoms with Crippen molar-refractivity contribution in [1.29, 1.82) is 0 Å². The summed E-state index contributed by atoms with van der Waals surface area (Å²) in [7, 11) is 3.14. The van der Waals surface area contributed by atoms with Crippen molar-refractivity contribution in [3.8, 4) is 11.5 Å². The molecule has 4 nitrogen and oxygen atoms in total. The van der Waals surface area contributed by atoms with Crippen LogP contribution in [0.4, 0.5) is 0 Å². The average molecular weight is 377 g/mol. The molecule has 5 heteroatoms. The fourth-order valence-electron chi connectivity index (χ4n) is 1.90. The molecule has 0 unspecified atom stereocenters. The van der Waals surface area contributed by atoms with E-state index in [4.69, 9.17) is 14.2 Å². The zero-order valence-corrected chi connectivity index (χ0v) is 14.5. The van der Waals surface area contributed by atoms with Crippen molar-refractivity contribution in [1.82, 2.24) is 0 Å². The molecule has 0 saturated carbocycles. The molecule has 2 aromatic rings. The van der Waals surface area contributed by atoms with Gasteiger partial charge < -0.3 is 14.2 Å². The van der Waals surface area contributed by atoms with Crippen molar-refractivity contribution in [3.63, 3.8) is 0 Å². The lowest BCUT2D eigenvalue weighted by molar-refractivity contribution is -0.138. The Labute approximate surface area is 143 Å². The molecule has 0 radical (unpaired) electrons. The summed E-state index contributed by atoms with van der Waals surface area (Å²) in [5.74, 6) is 0.850. The van der Waals surface area contributed by atoms with Crippen LogP contribution in [0.15, 0.2) is 53.0 Å². The van der Waals surface area contributed by atoms with Crippen molar-refractivity contribution >= 4 is 28.0 Å². The van der Waals surface area contributed by atoms with Crippen LogP contribution in [-0.2, 0) is 16.1 Å². The lowest BCUT2D eigenvalue weighted by Gasteiger charge is -2.07. The number of ether oxygens (including phenoxy) is 3. The van der Waals surface area contributed by atoms with Gasteiger partial charge in [0.15, 0.2) is 11.5 Å². The van der Waals surface area contributed by atoms with Gasteiger partial charge in [-0.2, -0.15) is 0 Å². The number of rotatable bonds is 6. The molecule has 2 rings (SSSR count). The number of esters is 1. The van der Waals surface area contributed by atoms with Crippen LogP contribution in [0.25, 0.3) is 6.08 Å². The predicted molar refractivity (Wildman–Crippen MR) is 92.5 cm³/mol. The standard InChI is InChI=1S/C18H17BrO4/c1-21-16-9-5-13(11-17(16)22-2)6-10-18(20)23-12-14-3-7-15(19)8-4-14/h3-11H,12H2,1-2H3/b10-6+. The molecule has 0 amide bonds. The summed E-state index contributed by atoms with van der Waals surface area (Å²) in [4.78, 5) is 11.8. The van der Waals surface area contributed by atoms with E-state index in [1.807, 2.05) is 30.3 Å². The maximum absolute atomic E-state index is 11.8. The highest BCUT2D eigenvalue weighted by Gasteiger charge is 2.04. The van der Waals surface area contributed by atoms with Gasteiger partial charge in [0.25, 0.3) is 0 Å². The summed E-state index contributed by atoms with van der Waals surface area (Å²) in [5, 5.41) is 0. The van der Waals surface area contributed by atoms with E-state index in [0.29, 0.717) is 11.5 Å². The van der Waals surface area contributed by atoms with Gasteiger partial charge in [-0.3, -0.25) is 0 Å². The van der Waals surface area contributed by atoms with Crippen molar-refractivity contribution < 1.29 is 19.0 Å². The van der Waals surface area contributed by atoms with Crippen molar-refractivity contribution in [2.75, 3.05) is 14.2 Å². The van der Waals surface area contributed by atoms with Crippen LogP contribution < -0.4 is 9.47 Å². The molecule has 0 N–H and O–H groups in total. The fraction of sp³-hybridized carbons (Fsp3) is 0.167. The van der Waals surface area contributed by atoms with Crippen LogP contribution in [0, 0.1) is 0 Å². The SMILES string of the molecule is COc1ccc(/C=C/C(=O)OCc2ccc(Br)cc2)cc1OC. The maximum atomic E-state index is 11.8. The Balaban J connectivity index is 1.94. The highest BCUT2D eigenvalue weighted by atomic mass is 79.9. The van der Waals surface area contributed by atoms with Gasteiger partial charge in [-0.25, -0.2) is 4.79 Å². The fourth-order valence-corrected chi connectivity index (χ4v) is 2.17. The minimum Gasteiger partial charge on any atom is -0.493 e. The third-order valence-electron chi connectivity index (χ3n) is 3.11. The largest absolute Gasteiger partial charge is 0.493 e. The van der Waals surface area contributed by atoms with Crippen LogP contribution in [0.1, 0.15) is 11.1 Å². The monoisotopic (exact) mass is 376 g/mol. The first-order valence-electron chi connectivity index (χ1n) is 6.93. The van der Waals surface area contributed by atoms with Gasteiger partial charge in [0.1, 0.15) is 6.61 Å². The predicted octanol–water partition coefficient (Wildman–Crippen LogP) is 4.22. The first-order valence-corrected chi connectivity index (χ1v) is 7.73. The van der Waals surface area contributed by atoms with Crippen molar-refractivity contribution in [3.05, 3.63) is 64.1 Å². The molecular weight excluding hydrogens is 360 g/mol. The van der Waals surface area contributed by atoms with E-state index in [2.05, 4.69) is 15.9 Å². The van der Waals surface area contributed by atoms with E-state index in [-0.39, 0.29) is 6.61 Å². The number of benzene rings is 2. The number of carbonyl (C=O) groups is 1. The smallest absolute Gasteiger partial charge is 0.331 e. The molecule has 0 aliphatic rings. The molecule has 120 valence electrons. The van der Waals surface area contributed by atoms with Gasteiger partial charge in [-0.1, -0.05) is 34.1 Å². The van der Waals surface area contributed by atoms with Crippen LogP contribution in [0.2, 0.25) is 0 Å². The molecule has 0 aliphatic heterocycles. The second kappa shape index (κ2) is 8.39. The maximum Gasteiger partial charge on any atom is 0.331 e. The second-order valence-electron chi connectivity index (χ2n) is 4.68. The molecule has 0 saturated heterocycles. The van der Waals surface area contributed by atoms with E-state index < -0.39 is 5.97 Å². The zero-order chi connectivity index (χ0) is 16.7. The van der Waals surface area contributed by atoms with E-state index >= 15 is 0 Å². The van der Waals surface area contributed by atoms with Crippen LogP contribution >= 0.6 is 15.9 Å². The highest BCUT2D eigenvalue weighted by molar-refractivity contribution is 9.10. The minimum absolute atomic E-state index is 0.238. The Morgan fingerprint density at radius 3 is 2.39 bits per heavy atom. The normalized spacial score (nSPS) is 10.6. The van der Waals surface area contributed by atoms with E-state index in [9.17, 15) is 4.79 Å². The van der Waals surface area contributed by atoms with Crippen molar-refractivity contribution in [2.45, 2.75) is 6.61 Å². The van der Waals surface area contributed by atoms with Gasteiger partial charge in [-0.15, -0.1) is 0 Å².